The van der Waals surface area contributed by atoms with Gasteiger partial charge >= 0.3 is 0 Å². The number of ether oxygens (including phenoxy) is 1. The maximum atomic E-state index is 6.21. The van der Waals surface area contributed by atoms with Crippen LogP contribution in [-0.2, 0) is 13.0 Å². The zero-order chi connectivity index (χ0) is 13.2. The minimum Gasteiger partial charge on any atom is -0.493 e. The Morgan fingerprint density at radius 2 is 2.37 bits per heavy atom. The minimum atomic E-state index is 0.393. The molecule has 0 bridgehead atoms. The van der Waals surface area contributed by atoms with Crippen LogP contribution in [0.4, 0.5) is 0 Å². The van der Waals surface area contributed by atoms with Crippen molar-refractivity contribution in [3.63, 3.8) is 0 Å². The highest BCUT2D eigenvalue weighted by Crippen LogP contribution is 2.33. The molecule has 1 saturated heterocycles. The second-order valence-corrected chi connectivity index (χ2v) is 5.65. The molecule has 5 heteroatoms. The Kier molecular flexibility index (Phi) is 3.93. The highest BCUT2D eigenvalue weighted by Gasteiger charge is 2.24. The van der Waals surface area contributed by atoms with E-state index in [2.05, 4.69) is 10.2 Å². The van der Waals surface area contributed by atoms with E-state index in [1.807, 2.05) is 12.1 Å². The first-order valence-corrected chi connectivity index (χ1v) is 7.24. The van der Waals surface area contributed by atoms with Crippen LogP contribution in [0.15, 0.2) is 12.1 Å². The Morgan fingerprint density at radius 3 is 3.21 bits per heavy atom. The molecule has 3 rings (SSSR count). The number of fused-ring (bicyclic) bond motifs is 1. The van der Waals surface area contributed by atoms with Crippen molar-refractivity contribution >= 4 is 11.6 Å². The van der Waals surface area contributed by atoms with E-state index in [1.165, 1.54) is 11.1 Å². The Hall–Kier alpha value is -0.810. The fourth-order valence-electron chi connectivity index (χ4n) is 2.93. The number of piperazine rings is 1. The van der Waals surface area contributed by atoms with Gasteiger partial charge in [0.2, 0.25) is 0 Å². The molecule has 1 atom stereocenters. The van der Waals surface area contributed by atoms with Gasteiger partial charge in [0, 0.05) is 55.8 Å². The van der Waals surface area contributed by atoms with E-state index in [-0.39, 0.29) is 0 Å². The van der Waals surface area contributed by atoms with Crippen LogP contribution in [0.2, 0.25) is 5.02 Å². The summed E-state index contributed by atoms with van der Waals surface area (Å²) in [5.41, 5.74) is 8.28. The molecule has 19 heavy (non-hydrogen) atoms. The normalized spacial score (nSPS) is 23.2. The SMILES string of the molecule is NCC1CNCCN1Cc1cc(Cl)cc2c1OCC2. The lowest BCUT2D eigenvalue weighted by molar-refractivity contribution is 0.156. The van der Waals surface area contributed by atoms with Gasteiger partial charge in [0.15, 0.2) is 0 Å². The number of hydrogen-bond acceptors (Lipinski definition) is 4. The van der Waals surface area contributed by atoms with E-state index in [4.69, 9.17) is 22.1 Å². The van der Waals surface area contributed by atoms with E-state index < -0.39 is 0 Å². The summed E-state index contributed by atoms with van der Waals surface area (Å²) in [6.45, 7) is 5.30. The van der Waals surface area contributed by atoms with E-state index in [0.29, 0.717) is 12.6 Å². The number of benzene rings is 1. The smallest absolute Gasteiger partial charge is 0.127 e. The predicted molar refractivity (Wildman–Crippen MR) is 76.8 cm³/mol. The molecule has 0 saturated carbocycles. The monoisotopic (exact) mass is 281 g/mol. The van der Waals surface area contributed by atoms with Crippen LogP contribution >= 0.6 is 11.6 Å². The van der Waals surface area contributed by atoms with Crippen LogP contribution in [0.25, 0.3) is 0 Å². The van der Waals surface area contributed by atoms with Crippen LogP contribution in [-0.4, -0.2) is 43.7 Å². The van der Waals surface area contributed by atoms with Crippen molar-refractivity contribution in [1.29, 1.82) is 0 Å². The Labute approximate surface area is 118 Å². The fraction of sp³-hybridized carbons (Fsp3) is 0.571. The molecule has 0 spiro atoms. The largest absolute Gasteiger partial charge is 0.493 e. The number of halogens is 1. The van der Waals surface area contributed by atoms with Crippen LogP contribution in [0.1, 0.15) is 11.1 Å². The number of rotatable bonds is 3. The van der Waals surface area contributed by atoms with Crippen molar-refractivity contribution in [3.05, 3.63) is 28.3 Å². The molecule has 3 N–H and O–H groups in total. The minimum absolute atomic E-state index is 0.393. The zero-order valence-electron chi connectivity index (χ0n) is 11.0. The lowest BCUT2D eigenvalue weighted by atomic mass is 10.1. The second kappa shape index (κ2) is 5.67. The number of nitrogens with two attached hydrogens (primary N) is 1. The molecule has 0 aromatic heterocycles. The molecule has 1 unspecified atom stereocenters. The van der Waals surface area contributed by atoms with Gasteiger partial charge in [-0.3, -0.25) is 4.90 Å². The number of nitrogens with zero attached hydrogens (tertiary/aromatic N) is 1. The third-order valence-electron chi connectivity index (χ3n) is 3.94. The van der Waals surface area contributed by atoms with E-state index >= 15 is 0 Å². The molecule has 0 amide bonds. The van der Waals surface area contributed by atoms with Gasteiger partial charge in [0.1, 0.15) is 5.75 Å². The molecule has 2 heterocycles. The first kappa shape index (κ1) is 13.2. The Morgan fingerprint density at radius 1 is 1.47 bits per heavy atom. The van der Waals surface area contributed by atoms with Crippen LogP contribution in [0.5, 0.6) is 5.75 Å². The third-order valence-corrected chi connectivity index (χ3v) is 4.16. The van der Waals surface area contributed by atoms with Crippen LogP contribution in [0, 0.1) is 0 Å². The number of nitrogens with one attached hydrogen (secondary N) is 1. The average Bonchev–Trinajstić information content (AvgIpc) is 2.87. The van der Waals surface area contributed by atoms with E-state index in [0.717, 1.165) is 50.0 Å². The predicted octanol–water partition coefficient (Wildman–Crippen LogP) is 1.01. The highest BCUT2D eigenvalue weighted by atomic mass is 35.5. The zero-order valence-corrected chi connectivity index (χ0v) is 11.7. The van der Waals surface area contributed by atoms with Crippen molar-refractivity contribution < 1.29 is 4.74 Å². The van der Waals surface area contributed by atoms with E-state index in [9.17, 15) is 0 Å². The highest BCUT2D eigenvalue weighted by molar-refractivity contribution is 6.30. The topological polar surface area (TPSA) is 50.5 Å². The quantitative estimate of drug-likeness (QED) is 0.868. The summed E-state index contributed by atoms with van der Waals surface area (Å²) in [6, 6.07) is 4.44. The van der Waals surface area contributed by atoms with Crippen molar-refractivity contribution in [1.82, 2.24) is 10.2 Å². The third kappa shape index (κ3) is 2.72. The summed E-state index contributed by atoms with van der Waals surface area (Å²) in [4.78, 5) is 2.42. The van der Waals surface area contributed by atoms with Gasteiger partial charge < -0.3 is 15.8 Å². The molecule has 1 aromatic carbocycles. The van der Waals surface area contributed by atoms with Gasteiger partial charge in [-0.2, -0.15) is 0 Å². The molecule has 2 aliphatic rings. The maximum absolute atomic E-state index is 6.21. The van der Waals surface area contributed by atoms with Crippen molar-refractivity contribution in [2.45, 2.75) is 19.0 Å². The first-order chi connectivity index (χ1) is 9.28. The molecule has 0 aliphatic carbocycles. The molecular formula is C14H20ClN3O. The summed E-state index contributed by atoms with van der Waals surface area (Å²) in [6.07, 6.45) is 0.963. The molecule has 0 radical (unpaired) electrons. The standard InChI is InChI=1S/C14H20ClN3O/c15-12-5-10-1-4-19-14(10)11(6-12)9-18-3-2-17-8-13(18)7-16/h5-6,13,17H,1-4,7-9,16H2. The Balaban J connectivity index is 1.82. The molecule has 1 fully saturated rings. The fourth-order valence-corrected chi connectivity index (χ4v) is 3.19. The summed E-state index contributed by atoms with van der Waals surface area (Å²) in [5.74, 6) is 1.04. The lowest BCUT2D eigenvalue weighted by Gasteiger charge is -2.35. The van der Waals surface area contributed by atoms with Crippen LogP contribution in [0.3, 0.4) is 0 Å². The summed E-state index contributed by atoms with van der Waals surface area (Å²) < 4.78 is 5.76. The summed E-state index contributed by atoms with van der Waals surface area (Å²) >= 11 is 6.21. The Bertz CT molecular complexity index is 466. The van der Waals surface area contributed by atoms with Crippen molar-refractivity contribution in [2.75, 3.05) is 32.8 Å². The van der Waals surface area contributed by atoms with Gasteiger partial charge in [-0.15, -0.1) is 0 Å². The summed E-state index contributed by atoms with van der Waals surface area (Å²) in [5, 5.41) is 4.19. The van der Waals surface area contributed by atoms with Crippen LogP contribution < -0.4 is 15.8 Å². The average molecular weight is 282 g/mol. The van der Waals surface area contributed by atoms with Crippen molar-refractivity contribution in [3.8, 4) is 5.75 Å². The van der Waals surface area contributed by atoms with Crippen molar-refractivity contribution in [2.24, 2.45) is 5.73 Å². The molecular weight excluding hydrogens is 262 g/mol. The molecule has 2 aliphatic heterocycles. The van der Waals surface area contributed by atoms with Gasteiger partial charge in [-0.25, -0.2) is 0 Å². The second-order valence-electron chi connectivity index (χ2n) is 5.22. The number of hydrogen-bond donors (Lipinski definition) is 2. The maximum Gasteiger partial charge on any atom is 0.127 e. The first-order valence-electron chi connectivity index (χ1n) is 6.87. The lowest BCUT2D eigenvalue weighted by Crippen LogP contribution is -2.53. The van der Waals surface area contributed by atoms with Gasteiger partial charge in [0.25, 0.3) is 0 Å². The van der Waals surface area contributed by atoms with Gasteiger partial charge in [-0.05, 0) is 17.7 Å². The molecule has 104 valence electrons. The van der Waals surface area contributed by atoms with E-state index in [1.54, 1.807) is 0 Å². The summed E-state index contributed by atoms with van der Waals surface area (Å²) in [7, 11) is 0. The van der Waals surface area contributed by atoms with Gasteiger partial charge in [-0.1, -0.05) is 11.6 Å². The molecule has 4 nitrogen and oxygen atoms in total. The molecule has 1 aromatic rings. The van der Waals surface area contributed by atoms with Gasteiger partial charge in [0.05, 0.1) is 6.61 Å².